The van der Waals surface area contributed by atoms with Gasteiger partial charge in [0, 0.05) is 72.5 Å². The number of para-hydroxylation sites is 3. The maximum atomic E-state index is 4.71. The molecule has 0 aliphatic heterocycles. The number of aromatic amines is 1. The number of benzene rings is 4. The Bertz CT molecular complexity index is 2730. The molecule has 1 N–H and O–H groups in total. The zero-order valence-corrected chi connectivity index (χ0v) is 39.2. The van der Waals surface area contributed by atoms with Crippen molar-refractivity contribution in [3.63, 3.8) is 0 Å². The van der Waals surface area contributed by atoms with Gasteiger partial charge in [0.15, 0.2) is 0 Å². The lowest BCUT2D eigenvalue weighted by Gasteiger charge is -1.98. The Kier molecular flexibility index (Phi) is 22.4. The van der Waals surface area contributed by atoms with E-state index in [-0.39, 0.29) is 0 Å². The Morgan fingerprint density at radius 3 is 1.59 bits per heavy atom. The molecule has 0 spiro atoms. The highest BCUT2D eigenvalue weighted by Gasteiger charge is 1.94. The number of nitrogens with one attached hydrogen (secondary N) is 1. The maximum Gasteiger partial charge on any atom is 0.0931 e. The molecule has 9 nitrogen and oxygen atoms in total. The van der Waals surface area contributed by atoms with E-state index in [9.17, 15) is 0 Å². The van der Waals surface area contributed by atoms with E-state index in [1.54, 1.807) is 49.7 Å². The molecule has 0 atom stereocenters. The summed E-state index contributed by atoms with van der Waals surface area (Å²) in [4.78, 5) is 31.4. The standard InChI is InChI=1S/C11H10.C10H9N.C9H8N2.2C6H7N.C5H6N2.C5H7N.C5H6O/c1-9-5-4-7-10-6-2-3-8-11(9)10;1-8-6-7-9-4-2-3-5-10(9)11-8;1-7-6-10-8-4-2-3-5-9(8)11-7;1-6-3-2-4-7-5-6;1-6-4-2-3-5-7-6;1-5-4-6-2-3-7-5;2*1-5-2-3-6-4-5/h2-8H,1H3;2-7H,1H3;2-6H,1H3;2*2-5H,1H3;2-4H,1H3;2-4,6H,1H3;2-4H,1H3. The third-order valence-electron chi connectivity index (χ3n) is 9.05. The molecule has 4 aromatic carbocycles. The number of rotatable bonds is 0. The minimum atomic E-state index is 0.957. The number of furan rings is 1. The third-order valence-corrected chi connectivity index (χ3v) is 9.05. The van der Waals surface area contributed by atoms with Crippen molar-refractivity contribution in [2.75, 3.05) is 0 Å². The Labute approximate surface area is 389 Å². The molecule has 66 heavy (non-hydrogen) atoms. The molecule has 0 saturated carbocycles. The van der Waals surface area contributed by atoms with E-state index in [1.165, 1.54) is 38.4 Å². The smallest absolute Gasteiger partial charge is 0.0931 e. The van der Waals surface area contributed by atoms with Gasteiger partial charge < -0.3 is 9.40 Å². The van der Waals surface area contributed by atoms with E-state index in [1.807, 2.05) is 151 Å². The van der Waals surface area contributed by atoms with Crippen LogP contribution in [0.3, 0.4) is 0 Å². The number of hydrogen-bond donors (Lipinski definition) is 1. The summed E-state index contributed by atoms with van der Waals surface area (Å²) in [5.74, 6) is 0. The molecular weight excluding hydrogens is 813 g/mol. The Morgan fingerprint density at radius 1 is 0.394 bits per heavy atom. The molecule has 0 unspecified atom stereocenters. The fourth-order valence-electron chi connectivity index (χ4n) is 5.61. The maximum absolute atomic E-state index is 4.71. The lowest BCUT2D eigenvalue weighted by atomic mass is 10.1. The number of nitrogens with zero attached hydrogens (tertiary/aromatic N) is 7. The number of aryl methyl sites for hydroxylation is 8. The summed E-state index contributed by atoms with van der Waals surface area (Å²) < 4.78 is 4.71. The summed E-state index contributed by atoms with van der Waals surface area (Å²) in [6.07, 6.45) is 19.5. The quantitative estimate of drug-likeness (QED) is 0.160. The largest absolute Gasteiger partial charge is 0.472 e. The lowest BCUT2D eigenvalue weighted by Crippen LogP contribution is -1.85. The van der Waals surface area contributed by atoms with Gasteiger partial charge in [0.05, 0.1) is 40.5 Å². The zero-order chi connectivity index (χ0) is 47.2. The van der Waals surface area contributed by atoms with Gasteiger partial charge in [-0.05, 0) is 143 Å². The van der Waals surface area contributed by atoms with E-state index < -0.39 is 0 Å². The van der Waals surface area contributed by atoms with Crippen LogP contribution in [0, 0.1) is 55.4 Å². The van der Waals surface area contributed by atoms with Crippen molar-refractivity contribution in [1.82, 2.24) is 39.9 Å². The monoisotopic (exact) mass is 872 g/mol. The molecule has 0 bridgehead atoms. The second-order valence-corrected chi connectivity index (χ2v) is 15.0. The fourth-order valence-corrected chi connectivity index (χ4v) is 5.61. The molecule has 334 valence electrons. The summed E-state index contributed by atoms with van der Waals surface area (Å²) in [7, 11) is 0. The average molecular weight is 873 g/mol. The number of H-pyrrole nitrogens is 1. The van der Waals surface area contributed by atoms with E-state index in [0.29, 0.717) is 0 Å². The molecule has 11 rings (SSSR count). The van der Waals surface area contributed by atoms with Crippen LogP contribution in [0.2, 0.25) is 0 Å². The minimum absolute atomic E-state index is 0.957. The number of pyridine rings is 3. The summed E-state index contributed by atoms with van der Waals surface area (Å²) >= 11 is 0. The van der Waals surface area contributed by atoms with Crippen LogP contribution in [-0.4, -0.2) is 39.9 Å². The third kappa shape index (κ3) is 20.3. The van der Waals surface area contributed by atoms with Gasteiger partial charge in [0.1, 0.15) is 0 Å². The van der Waals surface area contributed by atoms with Gasteiger partial charge in [-0.15, -0.1) is 0 Å². The van der Waals surface area contributed by atoms with E-state index in [2.05, 4.69) is 108 Å². The van der Waals surface area contributed by atoms with Crippen LogP contribution in [0.25, 0.3) is 32.7 Å². The molecular formula is C57H60N8O. The minimum Gasteiger partial charge on any atom is -0.472 e. The summed E-state index contributed by atoms with van der Waals surface area (Å²) in [6, 6.07) is 48.7. The molecule has 0 radical (unpaired) electrons. The van der Waals surface area contributed by atoms with Crippen molar-refractivity contribution in [1.29, 1.82) is 0 Å². The van der Waals surface area contributed by atoms with Crippen LogP contribution in [0.4, 0.5) is 0 Å². The predicted octanol–water partition coefficient (Wildman–Crippen LogP) is 14.1. The zero-order valence-electron chi connectivity index (χ0n) is 39.2. The number of aromatic nitrogens is 8. The van der Waals surface area contributed by atoms with E-state index in [0.717, 1.165) is 39.3 Å². The number of hydrogen-bond acceptors (Lipinski definition) is 8. The summed E-state index contributed by atoms with van der Waals surface area (Å²) in [5, 5.41) is 3.89. The van der Waals surface area contributed by atoms with Crippen molar-refractivity contribution >= 4 is 32.7 Å². The first-order chi connectivity index (χ1) is 32.1. The van der Waals surface area contributed by atoms with Crippen LogP contribution < -0.4 is 0 Å². The molecule has 0 amide bonds. The molecule has 7 heterocycles. The molecule has 9 heteroatoms. The van der Waals surface area contributed by atoms with Crippen LogP contribution >= 0.6 is 0 Å². The molecule has 0 saturated heterocycles. The highest BCUT2D eigenvalue weighted by atomic mass is 16.3. The van der Waals surface area contributed by atoms with E-state index in [4.69, 9.17) is 4.42 Å². The predicted molar refractivity (Wildman–Crippen MR) is 273 cm³/mol. The normalized spacial score (nSPS) is 9.52. The Morgan fingerprint density at radius 2 is 1.08 bits per heavy atom. The summed E-state index contributed by atoms with van der Waals surface area (Å²) in [6.45, 7) is 16.0. The lowest BCUT2D eigenvalue weighted by molar-refractivity contribution is 0.565. The Balaban J connectivity index is 0.000000167. The van der Waals surface area contributed by atoms with Crippen LogP contribution in [-0.2, 0) is 0 Å². The molecule has 0 aliphatic carbocycles. The number of fused-ring (bicyclic) bond motifs is 3. The molecule has 0 aliphatic rings. The fraction of sp³-hybridized carbons (Fsp3) is 0.140. The molecule has 0 fully saturated rings. The highest BCUT2D eigenvalue weighted by molar-refractivity contribution is 5.85. The van der Waals surface area contributed by atoms with Gasteiger partial charge >= 0.3 is 0 Å². The second-order valence-electron chi connectivity index (χ2n) is 15.0. The van der Waals surface area contributed by atoms with Gasteiger partial charge in [0.2, 0.25) is 0 Å². The molecule has 11 aromatic rings. The van der Waals surface area contributed by atoms with Crippen molar-refractivity contribution in [2.45, 2.75) is 55.4 Å². The van der Waals surface area contributed by atoms with Gasteiger partial charge in [-0.1, -0.05) is 91.0 Å². The van der Waals surface area contributed by atoms with Gasteiger partial charge in [0.25, 0.3) is 0 Å². The van der Waals surface area contributed by atoms with Crippen molar-refractivity contribution in [3.8, 4) is 0 Å². The van der Waals surface area contributed by atoms with Crippen molar-refractivity contribution in [2.24, 2.45) is 0 Å². The first-order valence-corrected chi connectivity index (χ1v) is 21.6. The first-order valence-electron chi connectivity index (χ1n) is 21.6. The SMILES string of the molecule is Cc1cc[nH]c1.Cc1ccc2ccccc2n1.Cc1cccc2ccccc12.Cc1ccccn1.Cc1cccnc1.Cc1ccoc1.Cc1cnc2ccccc2n1.Cc1cnccn1. The second kappa shape index (κ2) is 29.2. The first kappa shape index (κ1) is 50.5. The van der Waals surface area contributed by atoms with E-state index >= 15 is 0 Å². The van der Waals surface area contributed by atoms with Gasteiger partial charge in [-0.3, -0.25) is 29.9 Å². The van der Waals surface area contributed by atoms with Crippen LogP contribution in [0.1, 0.15) is 45.0 Å². The van der Waals surface area contributed by atoms with Crippen LogP contribution in [0.5, 0.6) is 0 Å². The summed E-state index contributed by atoms with van der Waals surface area (Å²) in [5.41, 5.74) is 12.1. The van der Waals surface area contributed by atoms with Crippen molar-refractivity contribution in [3.05, 3.63) is 259 Å². The van der Waals surface area contributed by atoms with Gasteiger partial charge in [-0.2, -0.15) is 0 Å². The average Bonchev–Trinajstić information content (AvgIpc) is 4.04. The van der Waals surface area contributed by atoms with Gasteiger partial charge in [-0.25, -0.2) is 4.98 Å². The van der Waals surface area contributed by atoms with Crippen LogP contribution in [0.15, 0.2) is 218 Å². The topological polar surface area (TPSA) is 119 Å². The highest BCUT2D eigenvalue weighted by Crippen LogP contribution is 2.17. The Hall–Kier alpha value is -8.17. The van der Waals surface area contributed by atoms with Crippen molar-refractivity contribution < 1.29 is 4.42 Å². The molecule has 7 aromatic heterocycles.